The first kappa shape index (κ1) is 19.7. The molecular formula is C18H29N3O3S. The Balaban J connectivity index is 1.91. The third kappa shape index (κ3) is 6.66. The molecule has 25 heavy (non-hydrogen) atoms. The fourth-order valence-corrected chi connectivity index (χ4v) is 4.37. The number of piperidine rings is 1. The van der Waals surface area contributed by atoms with Gasteiger partial charge in [0.2, 0.25) is 15.9 Å². The average Bonchev–Trinajstić information content (AvgIpc) is 2.55. The fraction of sp³-hybridized carbons (Fsp3) is 0.611. The molecule has 0 bridgehead atoms. The molecule has 0 spiro atoms. The predicted octanol–water partition coefficient (Wildman–Crippen LogP) is 2.80. The lowest BCUT2D eigenvalue weighted by molar-refractivity contribution is -0.117. The van der Waals surface area contributed by atoms with Crippen molar-refractivity contribution in [3.63, 3.8) is 0 Å². The quantitative estimate of drug-likeness (QED) is 0.659. The summed E-state index contributed by atoms with van der Waals surface area (Å²) in [7, 11) is -3.33. The molecule has 1 fully saturated rings. The largest absolute Gasteiger partial charge is 0.326 e. The van der Waals surface area contributed by atoms with Crippen LogP contribution in [-0.2, 0) is 14.8 Å². The molecule has 0 aromatic heterocycles. The van der Waals surface area contributed by atoms with E-state index in [9.17, 15) is 13.2 Å². The summed E-state index contributed by atoms with van der Waals surface area (Å²) in [6.45, 7) is 6.00. The van der Waals surface area contributed by atoms with Gasteiger partial charge in [-0.05, 0) is 62.4 Å². The Kier molecular flexibility index (Phi) is 7.25. The van der Waals surface area contributed by atoms with Gasteiger partial charge >= 0.3 is 0 Å². The third-order valence-corrected chi connectivity index (χ3v) is 6.08. The van der Waals surface area contributed by atoms with Crippen molar-refractivity contribution in [2.45, 2.75) is 39.5 Å². The molecule has 7 heteroatoms. The van der Waals surface area contributed by atoms with Crippen LogP contribution in [0.5, 0.6) is 0 Å². The summed E-state index contributed by atoms with van der Waals surface area (Å²) in [5, 5.41) is 6.22. The SMILES string of the molecule is CCCS(=O)(=O)Nc1cccc(NC(=O)CC(C)C2CCNCC2)c1. The van der Waals surface area contributed by atoms with E-state index in [0.29, 0.717) is 36.1 Å². The predicted molar refractivity (Wildman–Crippen MR) is 102 cm³/mol. The molecule has 2 rings (SSSR count). The van der Waals surface area contributed by atoms with Crippen LogP contribution in [0.2, 0.25) is 0 Å². The maximum atomic E-state index is 12.3. The molecule has 0 radical (unpaired) electrons. The van der Waals surface area contributed by atoms with Crippen LogP contribution in [0.1, 0.15) is 39.5 Å². The summed E-state index contributed by atoms with van der Waals surface area (Å²) < 4.78 is 26.2. The number of rotatable bonds is 8. The molecule has 0 aliphatic carbocycles. The smallest absolute Gasteiger partial charge is 0.232 e. The van der Waals surface area contributed by atoms with Gasteiger partial charge < -0.3 is 10.6 Å². The van der Waals surface area contributed by atoms with Crippen molar-refractivity contribution in [3.8, 4) is 0 Å². The van der Waals surface area contributed by atoms with Crippen molar-refractivity contribution in [2.75, 3.05) is 28.9 Å². The van der Waals surface area contributed by atoms with E-state index in [1.807, 2.05) is 6.92 Å². The summed E-state index contributed by atoms with van der Waals surface area (Å²) in [6, 6.07) is 6.83. The Bertz CT molecular complexity index is 670. The van der Waals surface area contributed by atoms with Gasteiger partial charge in [0.05, 0.1) is 11.4 Å². The van der Waals surface area contributed by atoms with E-state index in [-0.39, 0.29) is 11.7 Å². The van der Waals surface area contributed by atoms with Gasteiger partial charge in [-0.25, -0.2) is 8.42 Å². The highest BCUT2D eigenvalue weighted by Gasteiger charge is 2.22. The van der Waals surface area contributed by atoms with Gasteiger partial charge in [-0.15, -0.1) is 0 Å². The lowest BCUT2D eigenvalue weighted by Gasteiger charge is -2.27. The molecule has 1 heterocycles. The molecule has 140 valence electrons. The van der Waals surface area contributed by atoms with E-state index < -0.39 is 10.0 Å². The number of amides is 1. The molecule has 1 aromatic rings. The molecule has 0 saturated carbocycles. The van der Waals surface area contributed by atoms with Crippen molar-refractivity contribution in [3.05, 3.63) is 24.3 Å². The first-order valence-corrected chi connectivity index (χ1v) is 10.7. The van der Waals surface area contributed by atoms with Gasteiger partial charge in [0, 0.05) is 12.1 Å². The van der Waals surface area contributed by atoms with Gasteiger partial charge in [-0.3, -0.25) is 9.52 Å². The summed E-state index contributed by atoms with van der Waals surface area (Å²) in [5.41, 5.74) is 1.08. The lowest BCUT2D eigenvalue weighted by atomic mass is 9.84. The number of sulfonamides is 1. The second-order valence-corrected chi connectivity index (χ2v) is 8.66. The van der Waals surface area contributed by atoms with E-state index in [1.165, 1.54) is 0 Å². The highest BCUT2D eigenvalue weighted by atomic mass is 32.2. The molecule has 1 aromatic carbocycles. The monoisotopic (exact) mass is 367 g/mol. The molecule has 1 amide bonds. The maximum absolute atomic E-state index is 12.3. The van der Waals surface area contributed by atoms with E-state index in [0.717, 1.165) is 25.9 Å². The average molecular weight is 368 g/mol. The Morgan fingerprint density at radius 3 is 2.64 bits per heavy atom. The van der Waals surface area contributed by atoms with Crippen LogP contribution >= 0.6 is 0 Å². The second kappa shape index (κ2) is 9.20. The number of hydrogen-bond acceptors (Lipinski definition) is 4. The normalized spacial score (nSPS) is 17.0. The first-order valence-electron chi connectivity index (χ1n) is 9.00. The lowest BCUT2D eigenvalue weighted by Crippen LogP contribution is -2.32. The minimum absolute atomic E-state index is 0.0282. The molecular weight excluding hydrogens is 338 g/mol. The zero-order valence-electron chi connectivity index (χ0n) is 15.0. The Labute approximate surface area is 150 Å². The van der Waals surface area contributed by atoms with Crippen molar-refractivity contribution in [2.24, 2.45) is 11.8 Å². The highest BCUT2D eigenvalue weighted by molar-refractivity contribution is 7.92. The van der Waals surface area contributed by atoms with Crippen molar-refractivity contribution < 1.29 is 13.2 Å². The van der Waals surface area contributed by atoms with Crippen LogP contribution in [0.15, 0.2) is 24.3 Å². The molecule has 1 aliphatic rings. The molecule has 1 unspecified atom stereocenters. The van der Waals surface area contributed by atoms with Gasteiger partial charge in [-0.2, -0.15) is 0 Å². The number of carbonyl (C=O) groups is 1. The van der Waals surface area contributed by atoms with E-state index >= 15 is 0 Å². The standard InChI is InChI=1S/C18H29N3O3S/c1-3-11-25(23,24)21-17-6-4-5-16(13-17)20-18(22)12-14(2)15-7-9-19-10-8-15/h4-6,13-15,19,21H,3,7-12H2,1-2H3,(H,20,22). The second-order valence-electron chi connectivity index (χ2n) is 6.82. The summed E-state index contributed by atoms with van der Waals surface area (Å²) >= 11 is 0. The molecule has 1 aliphatic heterocycles. The van der Waals surface area contributed by atoms with Gasteiger partial charge in [0.25, 0.3) is 0 Å². The fourth-order valence-electron chi connectivity index (χ4n) is 3.24. The Hall–Kier alpha value is -1.60. The zero-order chi connectivity index (χ0) is 18.3. The van der Waals surface area contributed by atoms with Crippen LogP contribution < -0.4 is 15.4 Å². The van der Waals surface area contributed by atoms with Gasteiger partial charge in [0.15, 0.2) is 0 Å². The van der Waals surface area contributed by atoms with Crippen LogP contribution in [0, 0.1) is 11.8 Å². The van der Waals surface area contributed by atoms with Crippen molar-refractivity contribution >= 4 is 27.3 Å². The maximum Gasteiger partial charge on any atom is 0.232 e. The Morgan fingerprint density at radius 2 is 1.96 bits per heavy atom. The van der Waals surface area contributed by atoms with Crippen LogP contribution in [0.4, 0.5) is 11.4 Å². The van der Waals surface area contributed by atoms with E-state index in [4.69, 9.17) is 0 Å². The number of nitrogens with one attached hydrogen (secondary N) is 3. The minimum Gasteiger partial charge on any atom is -0.326 e. The van der Waals surface area contributed by atoms with Crippen molar-refractivity contribution in [1.82, 2.24) is 5.32 Å². The topological polar surface area (TPSA) is 87.3 Å². The molecule has 1 atom stereocenters. The first-order chi connectivity index (χ1) is 11.9. The highest BCUT2D eigenvalue weighted by Crippen LogP contribution is 2.25. The number of hydrogen-bond donors (Lipinski definition) is 3. The Morgan fingerprint density at radius 1 is 1.28 bits per heavy atom. The molecule has 3 N–H and O–H groups in total. The zero-order valence-corrected chi connectivity index (χ0v) is 15.9. The summed E-state index contributed by atoms with van der Waals surface area (Å²) in [5.74, 6) is 0.976. The van der Waals surface area contributed by atoms with E-state index in [2.05, 4.69) is 22.3 Å². The number of carbonyl (C=O) groups excluding carboxylic acids is 1. The minimum atomic E-state index is -3.33. The van der Waals surface area contributed by atoms with E-state index in [1.54, 1.807) is 24.3 Å². The third-order valence-electron chi connectivity index (χ3n) is 4.59. The van der Waals surface area contributed by atoms with Gasteiger partial charge in [0.1, 0.15) is 0 Å². The number of anilines is 2. The molecule has 1 saturated heterocycles. The van der Waals surface area contributed by atoms with Crippen LogP contribution in [0.25, 0.3) is 0 Å². The van der Waals surface area contributed by atoms with Crippen LogP contribution in [-0.4, -0.2) is 33.2 Å². The number of benzene rings is 1. The summed E-state index contributed by atoms with van der Waals surface area (Å²) in [6.07, 6.45) is 3.27. The van der Waals surface area contributed by atoms with Crippen LogP contribution in [0.3, 0.4) is 0 Å². The molecule has 6 nitrogen and oxygen atoms in total. The van der Waals surface area contributed by atoms with Crippen molar-refractivity contribution in [1.29, 1.82) is 0 Å². The summed E-state index contributed by atoms with van der Waals surface area (Å²) in [4.78, 5) is 12.3. The van der Waals surface area contributed by atoms with Gasteiger partial charge in [-0.1, -0.05) is 19.9 Å².